The summed E-state index contributed by atoms with van der Waals surface area (Å²) in [7, 11) is 2.91. The van der Waals surface area contributed by atoms with Crippen molar-refractivity contribution in [2.45, 2.75) is 45.6 Å². The molecule has 7 nitrogen and oxygen atoms in total. The Labute approximate surface area is 181 Å². The molecule has 0 N–H and O–H groups in total. The number of ether oxygens (including phenoxy) is 3. The van der Waals surface area contributed by atoms with Gasteiger partial charge in [-0.25, -0.2) is 9.79 Å². The number of amidine groups is 1. The molecule has 1 atom stereocenters. The second-order valence-electron chi connectivity index (χ2n) is 7.12. The highest BCUT2D eigenvalue weighted by molar-refractivity contribution is 8.14. The third-order valence-electron chi connectivity index (χ3n) is 5.12. The Morgan fingerprint density at radius 2 is 2.07 bits per heavy atom. The van der Waals surface area contributed by atoms with Gasteiger partial charge in [-0.3, -0.25) is 9.69 Å². The first-order chi connectivity index (χ1) is 14.5. The maximum Gasteiger partial charge on any atom is 0.338 e. The number of unbranched alkanes of at least 4 members (excludes halogenated alkanes) is 2. The molecule has 0 aromatic heterocycles. The fourth-order valence-electron chi connectivity index (χ4n) is 3.59. The largest absolute Gasteiger partial charge is 0.493 e. The van der Waals surface area contributed by atoms with Crippen LogP contribution in [0.5, 0.6) is 11.5 Å². The van der Waals surface area contributed by atoms with Crippen molar-refractivity contribution in [3.05, 3.63) is 35.0 Å². The van der Waals surface area contributed by atoms with Crippen LogP contribution in [0, 0.1) is 0 Å². The molecule has 2 heterocycles. The molecule has 2 aliphatic heterocycles. The number of nitrogens with zero attached hydrogens (tertiary/aromatic N) is 2. The van der Waals surface area contributed by atoms with Gasteiger partial charge in [-0.15, -0.1) is 0 Å². The van der Waals surface area contributed by atoms with E-state index in [4.69, 9.17) is 14.2 Å². The van der Waals surface area contributed by atoms with Gasteiger partial charge in [0.1, 0.15) is 0 Å². The minimum atomic E-state index is -0.617. The van der Waals surface area contributed by atoms with E-state index in [1.807, 2.05) is 18.2 Å². The fraction of sp³-hybridized carbons (Fsp3) is 0.500. The monoisotopic (exact) mass is 432 g/mol. The number of amides is 1. The fourth-order valence-corrected chi connectivity index (χ4v) is 4.60. The lowest BCUT2D eigenvalue weighted by molar-refractivity contribution is -0.137. The Bertz CT molecular complexity index is 880. The molecule has 1 aromatic rings. The molecule has 8 heteroatoms. The van der Waals surface area contributed by atoms with Crippen molar-refractivity contribution in [1.82, 2.24) is 4.90 Å². The van der Waals surface area contributed by atoms with Crippen LogP contribution in [0.1, 0.15) is 51.1 Å². The van der Waals surface area contributed by atoms with E-state index < -0.39 is 12.0 Å². The molecular formula is C22H28N2O5S. The third kappa shape index (κ3) is 4.48. The van der Waals surface area contributed by atoms with Crippen molar-refractivity contribution < 1.29 is 23.8 Å². The zero-order valence-corrected chi connectivity index (χ0v) is 18.7. The minimum absolute atomic E-state index is 0.0646. The van der Waals surface area contributed by atoms with Gasteiger partial charge in [-0.05, 0) is 31.0 Å². The zero-order valence-electron chi connectivity index (χ0n) is 17.9. The quantitative estimate of drug-likeness (QED) is 0.455. The second-order valence-corrected chi connectivity index (χ2v) is 8.18. The molecule has 0 saturated carbocycles. The van der Waals surface area contributed by atoms with Crippen molar-refractivity contribution in [2.75, 3.05) is 26.6 Å². The van der Waals surface area contributed by atoms with Crippen LogP contribution in [0.3, 0.4) is 0 Å². The molecule has 1 aromatic carbocycles. The van der Waals surface area contributed by atoms with E-state index in [1.165, 1.54) is 18.9 Å². The van der Waals surface area contributed by atoms with Gasteiger partial charge < -0.3 is 14.2 Å². The van der Waals surface area contributed by atoms with Gasteiger partial charge in [0.25, 0.3) is 0 Å². The maximum atomic E-state index is 12.8. The number of fused-ring (bicyclic) bond motifs is 1. The lowest BCUT2D eigenvalue weighted by Crippen LogP contribution is -2.45. The lowest BCUT2D eigenvalue weighted by Gasteiger charge is -2.38. The van der Waals surface area contributed by atoms with Gasteiger partial charge in [-0.1, -0.05) is 37.6 Å². The minimum Gasteiger partial charge on any atom is -0.493 e. The van der Waals surface area contributed by atoms with Crippen LogP contribution in [0.15, 0.2) is 34.5 Å². The number of carbonyl (C=O) groups excluding carboxylic acids is 2. The molecule has 0 aliphatic carbocycles. The van der Waals surface area contributed by atoms with E-state index in [1.54, 1.807) is 18.9 Å². The summed E-state index contributed by atoms with van der Waals surface area (Å²) >= 11 is 1.52. The molecule has 0 spiro atoms. The summed E-state index contributed by atoms with van der Waals surface area (Å²) in [4.78, 5) is 31.5. The summed E-state index contributed by atoms with van der Waals surface area (Å²) < 4.78 is 16.4. The van der Waals surface area contributed by atoms with Crippen LogP contribution < -0.4 is 9.47 Å². The first-order valence-corrected chi connectivity index (χ1v) is 11.1. The van der Waals surface area contributed by atoms with Crippen molar-refractivity contribution in [3.63, 3.8) is 0 Å². The Balaban J connectivity index is 2.00. The van der Waals surface area contributed by atoms with Gasteiger partial charge in [-0.2, -0.15) is 0 Å². The number of benzene rings is 1. The van der Waals surface area contributed by atoms with E-state index in [9.17, 15) is 9.59 Å². The van der Waals surface area contributed by atoms with E-state index >= 15 is 0 Å². The number of hydrogen-bond acceptors (Lipinski definition) is 7. The van der Waals surface area contributed by atoms with Crippen molar-refractivity contribution >= 4 is 28.8 Å². The molecule has 1 saturated heterocycles. The third-order valence-corrected chi connectivity index (χ3v) is 6.08. The smallest absolute Gasteiger partial charge is 0.338 e. The number of allylic oxidation sites excluding steroid dienone is 1. The summed E-state index contributed by atoms with van der Waals surface area (Å²) in [6.45, 7) is 4.52. The van der Waals surface area contributed by atoms with Crippen LogP contribution in [0.2, 0.25) is 0 Å². The zero-order chi connectivity index (χ0) is 21.7. The first kappa shape index (κ1) is 22.2. The number of hydrogen-bond donors (Lipinski definition) is 0. The molecule has 1 amide bonds. The second kappa shape index (κ2) is 10.0. The summed E-state index contributed by atoms with van der Waals surface area (Å²) in [6, 6.07) is 4.91. The number of carbonyl (C=O) groups is 2. The highest BCUT2D eigenvalue weighted by atomic mass is 32.2. The van der Waals surface area contributed by atoms with Gasteiger partial charge in [0, 0.05) is 12.2 Å². The van der Waals surface area contributed by atoms with Crippen molar-refractivity contribution in [1.29, 1.82) is 0 Å². The normalized spacial score (nSPS) is 18.7. The summed E-state index contributed by atoms with van der Waals surface area (Å²) in [5, 5.41) is 0.611. The predicted molar refractivity (Wildman–Crippen MR) is 117 cm³/mol. The van der Waals surface area contributed by atoms with Crippen LogP contribution in [0.25, 0.3) is 0 Å². The topological polar surface area (TPSA) is 77.4 Å². The standard InChI is InChI=1S/C22H28N2O5S/c1-5-6-7-11-29-16-9-8-15(13-17(16)27-3)20-19(21(26)28-4)14(2)23-22-24(20)18(25)10-12-30-22/h8-9,13,20H,5-7,10-12H2,1-4H3/t20-/m0/s1. The van der Waals surface area contributed by atoms with Gasteiger partial charge >= 0.3 is 5.97 Å². The molecular weight excluding hydrogens is 404 g/mol. The molecule has 0 bridgehead atoms. The summed E-state index contributed by atoms with van der Waals surface area (Å²) in [6.07, 6.45) is 3.59. The number of rotatable bonds is 8. The highest BCUT2D eigenvalue weighted by Gasteiger charge is 2.41. The van der Waals surface area contributed by atoms with Crippen molar-refractivity contribution in [2.24, 2.45) is 4.99 Å². The Morgan fingerprint density at radius 1 is 1.27 bits per heavy atom. The molecule has 1 fully saturated rings. The average Bonchev–Trinajstić information content (AvgIpc) is 2.75. The van der Waals surface area contributed by atoms with Crippen molar-refractivity contribution in [3.8, 4) is 11.5 Å². The summed E-state index contributed by atoms with van der Waals surface area (Å²) in [5.41, 5.74) is 1.66. The van der Waals surface area contributed by atoms with E-state index in [0.717, 1.165) is 24.8 Å². The van der Waals surface area contributed by atoms with E-state index in [-0.39, 0.29) is 5.91 Å². The van der Waals surface area contributed by atoms with Crippen LogP contribution in [-0.4, -0.2) is 48.5 Å². The Kier molecular flexibility index (Phi) is 7.42. The number of methoxy groups -OCH3 is 2. The lowest BCUT2D eigenvalue weighted by atomic mass is 9.94. The molecule has 0 radical (unpaired) electrons. The number of esters is 1. The number of aliphatic imine (C=N–C) groups is 1. The summed E-state index contributed by atoms with van der Waals surface area (Å²) in [5.74, 6) is 1.32. The van der Waals surface area contributed by atoms with Crippen LogP contribution in [-0.2, 0) is 14.3 Å². The van der Waals surface area contributed by atoms with Crippen LogP contribution >= 0.6 is 11.8 Å². The van der Waals surface area contributed by atoms with Gasteiger partial charge in [0.15, 0.2) is 16.7 Å². The highest BCUT2D eigenvalue weighted by Crippen LogP contribution is 2.42. The van der Waals surface area contributed by atoms with Gasteiger partial charge in [0.05, 0.1) is 38.1 Å². The van der Waals surface area contributed by atoms with Crippen LogP contribution in [0.4, 0.5) is 0 Å². The van der Waals surface area contributed by atoms with E-state index in [0.29, 0.717) is 46.7 Å². The SMILES string of the molecule is CCCCCOc1ccc([C@H]2C(C(=O)OC)=C(C)N=C3SCCC(=O)N32)cc1OC. The molecule has 162 valence electrons. The molecule has 30 heavy (non-hydrogen) atoms. The number of thioether (sulfide) groups is 1. The van der Waals surface area contributed by atoms with Gasteiger partial charge in [0.2, 0.25) is 5.91 Å². The predicted octanol–water partition coefficient (Wildman–Crippen LogP) is 4.09. The first-order valence-electron chi connectivity index (χ1n) is 10.1. The average molecular weight is 433 g/mol. The molecule has 2 aliphatic rings. The van der Waals surface area contributed by atoms with E-state index in [2.05, 4.69) is 11.9 Å². The Hall–Kier alpha value is -2.48. The molecule has 0 unspecified atom stereocenters. The maximum absolute atomic E-state index is 12.8. The Morgan fingerprint density at radius 3 is 2.77 bits per heavy atom. The molecule has 3 rings (SSSR count).